The molecule has 4 aliphatic rings. The second-order valence-corrected chi connectivity index (χ2v) is 9.36. The Morgan fingerprint density at radius 2 is 1.89 bits per heavy atom. The van der Waals surface area contributed by atoms with Crippen LogP contribution in [0.1, 0.15) is 44.9 Å². The maximum Gasteiger partial charge on any atom is 0.323 e. The van der Waals surface area contributed by atoms with E-state index in [4.69, 9.17) is 9.47 Å². The molecule has 0 radical (unpaired) electrons. The molecule has 7 unspecified atom stereocenters. The minimum Gasteiger partial charge on any atom is -0.468 e. The first-order valence-corrected chi connectivity index (χ1v) is 11.0. The summed E-state index contributed by atoms with van der Waals surface area (Å²) in [6, 6.07) is 1.02. The summed E-state index contributed by atoms with van der Waals surface area (Å²) in [5.74, 6) is 2.14. The van der Waals surface area contributed by atoms with Crippen molar-refractivity contribution in [1.82, 2.24) is 9.80 Å². The van der Waals surface area contributed by atoms with Gasteiger partial charge in [0.05, 0.1) is 19.3 Å². The van der Waals surface area contributed by atoms with E-state index in [1.807, 2.05) is 7.11 Å². The van der Waals surface area contributed by atoms with E-state index in [0.29, 0.717) is 24.1 Å². The van der Waals surface area contributed by atoms with Gasteiger partial charge in [-0.1, -0.05) is 12.8 Å². The number of piperidine rings is 1. The van der Waals surface area contributed by atoms with Gasteiger partial charge in [0.2, 0.25) is 0 Å². The highest BCUT2D eigenvalue weighted by Crippen LogP contribution is 2.45. The average Bonchev–Trinajstić information content (AvgIpc) is 3.07. The number of esters is 1. The van der Waals surface area contributed by atoms with Crippen LogP contribution in [0.5, 0.6) is 0 Å². The first kappa shape index (κ1) is 19.6. The number of likely N-dealkylation sites (N-methyl/N-ethyl adjacent to an activating group) is 1. The summed E-state index contributed by atoms with van der Waals surface area (Å²) in [6.45, 7) is 3.09. The van der Waals surface area contributed by atoms with Gasteiger partial charge in [0.1, 0.15) is 18.8 Å². The van der Waals surface area contributed by atoms with Gasteiger partial charge in [0.15, 0.2) is 0 Å². The molecule has 7 atom stereocenters. The lowest BCUT2D eigenvalue weighted by Gasteiger charge is -2.48. The number of methoxy groups -OCH3 is 2. The lowest BCUT2D eigenvalue weighted by Crippen LogP contribution is -2.89. The number of carbonyl (C=O) groups is 1. The fraction of sp³-hybridized carbons (Fsp3) is 0.952. The molecule has 0 spiro atoms. The molecule has 0 amide bonds. The van der Waals surface area contributed by atoms with Crippen molar-refractivity contribution in [3.63, 3.8) is 0 Å². The summed E-state index contributed by atoms with van der Waals surface area (Å²) < 4.78 is 11.0. The van der Waals surface area contributed by atoms with Crippen LogP contribution in [0.3, 0.4) is 0 Å². The monoisotopic (exact) mass is 380 g/mol. The summed E-state index contributed by atoms with van der Waals surface area (Å²) in [5, 5.41) is 2.40. The number of quaternary nitrogens is 1. The highest BCUT2D eigenvalue weighted by molar-refractivity contribution is 5.75. The lowest BCUT2D eigenvalue weighted by molar-refractivity contribution is -0.678. The molecule has 0 aromatic carbocycles. The van der Waals surface area contributed by atoms with Crippen LogP contribution in [0.15, 0.2) is 0 Å². The first-order chi connectivity index (χ1) is 13.1. The van der Waals surface area contributed by atoms with Crippen molar-refractivity contribution in [2.75, 3.05) is 41.0 Å². The fourth-order valence-electron chi connectivity index (χ4n) is 6.67. The zero-order valence-corrected chi connectivity index (χ0v) is 17.3. The fourth-order valence-corrected chi connectivity index (χ4v) is 6.67. The predicted molar refractivity (Wildman–Crippen MR) is 103 cm³/mol. The highest BCUT2D eigenvalue weighted by atomic mass is 16.5. The Hall–Kier alpha value is -0.690. The molecule has 2 saturated carbocycles. The SMILES string of the molecule is COC(=O)C1CC2[NH2+]CN(C)C2CN1CC1CCC(OC)C2CCCCC12. The van der Waals surface area contributed by atoms with Crippen LogP contribution >= 0.6 is 0 Å². The Kier molecular flexibility index (Phi) is 6.07. The Morgan fingerprint density at radius 3 is 2.63 bits per heavy atom. The molecule has 2 aliphatic carbocycles. The summed E-state index contributed by atoms with van der Waals surface area (Å²) in [7, 11) is 5.65. The Balaban J connectivity index is 1.49. The maximum atomic E-state index is 12.6. The molecule has 154 valence electrons. The van der Waals surface area contributed by atoms with E-state index in [0.717, 1.165) is 38.0 Å². The smallest absolute Gasteiger partial charge is 0.323 e. The zero-order valence-electron chi connectivity index (χ0n) is 17.3. The van der Waals surface area contributed by atoms with Crippen molar-refractivity contribution in [3.8, 4) is 0 Å². The Bertz CT molecular complexity index is 531. The molecule has 4 rings (SSSR count). The molecule has 6 nitrogen and oxygen atoms in total. The molecule has 2 saturated heterocycles. The minimum absolute atomic E-state index is 0.0397. The van der Waals surface area contributed by atoms with Gasteiger partial charge in [-0.05, 0) is 50.5 Å². The van der Waals surface area contributed by atoms with E-state index in [1.165, 1.54) is 45.6 Å². The second kappa shape index (κ2) is 8.36. The van der Waals surface area contributed by atoms with Crippen LogP contribution in [0.25, 0.3) is 0 Å². The van der Waals surface area contributed by atoms with Crippen LogP contribution in [0, 0.1) is 17.8 Å². The number of carbonyl (C=O) groups excluding carboxylic acids is 1. The maximum absolute atomic E-state index is 12.6. The number of nitrogens with two attached hydrogens (primary N) is 1. The quantitative estimate of drug-likeness (QED) is 0.727. The van der Waals surface area contributed by atoms with Crippen molar-refractivity contribution < 1.29 is 19.6 Å². The highest BCUT2D eigenvalue weighted by Gasteiger charge is 2.48. The van der Waals surface area contributed by atoms with E-state index >= 15 is 0 Å². The summed E-state index contributed by atoms with van der Waals surface area (Å²) in [5.41, 5.74) is 0. The van der Waals surface area contributed by atoms with E-state index in [9.17, 15) is 4.79 Å². The molecule has 27 heavy (non-hydrogen) atoms. The number of hydrogen-bond donors (Lipinski definition) is 1. The van der Waals surface area contributed by atoms with E-state index in [1.54, 1.807) is 0 Å². The molecular formula is C21H38N3O3+. The molecule has 0 aromatic rings. The van der Waals surface area contributed by atoms with Crippen LogP contribution in [-0.4, -0.2) is 81.0 Å². The van der Waals surface area contributed by atoms with Gasteiger partial charge in [-0.25, -0.2) is 4.90 Å². The number of hydrogen-bond acceptors (Lipinski definition) is 5. The average molecular weight is 381 g/mol. The van der Waals surface area contributed by atoms with Gasteiger partial charge < -0.3 is 14.8 Å². The molecule has 0 bridgehead atoms. The number of likely N-dealkylation sites (tertiary alicyclic amines) is 1. The zero-order chi connectivity index (χ0) is 19.0. The molecule has 4 fully saturated rings. The summed E-state index contributed by atoms with van der Waals surface area (Å²) in [6.07, 6.45) is 9.16. The summed E-state index contributed by atoms with van der Waals surface area (Å²) in [4.78, 5) is 17.5. The van der Waals surface area contributed by atoms with Crippen LogP contribution < -0.4 is 5.32 Å². The molecule has 2 heterocycles. The number of rotatable bonds is 4. The van der Waals surface area contributed by atoms with Crippen LogP contribution in [-0.2, 0) is 14.3 Å². The van der Waals surface area contributed by atoms with E-state index < -0.39 is 0 Å². The molecule has 2 N–H and O–H groups in total. The van der Waals surface area contributed by atoms with Crippen molar-refractivity contribution in [2.24, 2.45) is 17.8 Å². The van der Waals surface area contributed by atoms with E-state index in [-0.39, 0.29) is 12.0 Å². The van der Waals surface area contributed by atoms with Gasteiger partial charge in [-0.2, -0.15) is 0 Å². The van der Waals surface area contributed by atoms with E-state index in [2.05, 4.69) is 22.2 Å². The minimum atomic E-state index is -0.0683. The van der Waals surface area contributed by atoms with Crippen LogP contribution in [0.2, 0.25) is 0 Å². The van der Waals surface area contributed by atoms with Crippen molar-refractivity contribution in [1.29, 1.82) is 0 Å². The van der Waals surface area contributed by atoms with Crippen LogP contribution in [0.4, 0.5) is 0 Å². The number of ether oxygens (including phenoxy) is 2. The third-order valence-corrected chi connectivity index (χ3v) is 8.14. The largest absolute Gasteiger partial charge is 0.468 e. The van der Waals surface area contributed by atoms with Gasteiger partial charge in [0.25, 0.3) is 0 Å². The Labute approximate surface area is 163 Å². The first-order valence-electron chi connectivity index (χ1n) is 11.0. The third kappa shape index (κ3) is 3.78. The third-order valence-electron chi connectivity index (χ3n) is 8.14. The van der Waals surface area contributed by atoms with Gasteiger partial charge in [0, 0.05) is 26.6 Å². The van der Waals surface area contributed by atoms with Gasteiger partial charge in [-0.15, -0.1) is 0 Å². The van der Waals surface area contributed by atoms with Gasteiger partial charge in [-0.3, -0.25) is 9.69 Å². The number of nitrogens with zero attached hydrogens (tertiary/aromatic N) is 2. The normalized spacial score (nSPS) is 43.1. The Morgan fingerprint density at radius 1 is 1.11 bits per heavy atom. The molecule has 2 aliphatic heterocycles. The van der Waals surface area contributed by atoms with Gasteiger partial charge >= 0.3 is 5.97 Å². The molecular weight excluding hydrogens is 342 g/mol. The second-order valence-electron chi connectivity index (χ2n) is 9.36. The number of fused-ring (bicyclic) bond motifs is 2. The van der Waals surface area contributed by atoms with Crippen molar-refractivity contribution >= 4 is 5.97 Å². The van der Waals surface area contributed by atoms with Crippen molar-refractivity contribution in [3.05, 3.63) is 0 Å². The predicted octanol–water partition coefficient (Wildman–Crippen LogP) is 0.669. The lowest BCUT2D eigenvalue weighted by atomic mass is 9.64. The van der Waals surface area contributed by atoms with Crippen molar-refractivity contribution in [2.45, 2.75) is 69.2 Å². The standard InChI is InChI=1S/C21H37N3O3/c1-23-13-22-17-10-18(21(25)27-3)24(12-19(17)23)11-14-8-9-20(26-2)16-7-5-4-6-15(14)16/h14-20,22H,4-13H2,1-3H3/p+1. The summed E-state index contributed by atoms with van der Waals surface area (Å²) >= 11 is 0. The molecule has 0 aromatic heterocycles. The topological polar surface area (TPSA) is 58.6 Å². The molecule has 6 heteroatoms.